The lowest BCUT2D eigenvalue weighted by molar-refractivity contribution is -0.214. The lowest BCUT2D eigenvalue weighted by Crippen LogP contribution is -2.41. The molecule has 0 aromatic heterocycles. The summed E-state index contributed by atoms with van der Waals surface area (Å²) in [5.74, 6) is -0.964. The van der Waals surface area contributed by atoms with E-state index < -0.39 is 5.79 Å². The van der Waals surface area contributed by atoms with Gasteiger partial charge in [0.1, 0.15) is 0 Å². The Morgan fingerprint density at radius 3 is 2.23 bits per heavy atom. The number of benzene rings is 2. The molecule has 0 spiro atoms. The average molecular weight is 296 g/mol. The second kappa shape index (κ2) is 5.67. The summed E-state index contributed by atoms with van der Waals surface area (Å²) in [6.45, 7) is 6.82. The van der Waals surface area contributed by atoms with E-state index in [1.807, 2.05) is 63.2 Å². The smallest absolute Gasteiger partial charge is 0.223 e. The predicted molar refractivity (Wildman–Crippen MR) is 85.1 cm³/mol. The van der Waals surface area contributed by atoms with Crippen LogP contribution in [0.2, 0.25) is 0 Å². The molecule has 0 saturated heterocycles. The molecule has 0 unspecified atom stereocenters. The highest BCUT2D eigenvalue weighted by Crippen LogP contribution is 2.44. The van der Waals surface area contributed by atoms with E-state index in [1.54, 1.807) is 0 Å². The fraction of sp³-hybridized carbons (Fsp3) is 0.316. The van der Waals surface area contributed by atoms with Gasteiger partial charge in [-0.15, -0.1) is 0 Å². The second-order valence-electron chi connectivity index (χ2n) is 5.35. The third-order valence-electron chi connectivity index (χ3n) is 4.08. The highest BCUT2D eigenvalue weighted by molar-refractivity contribution is 6.13. The van der Waals surface area contributed by atoms with Crippen molar-refractivity contribution in [1.82, 2.24) is 0 Å². The number of fused-ring (bicyclic) bond motifs is 2. The normalized spacial score (nSPS) is 15.3. The first kappa shape index (κ1) is 14.9. The number of ether oxygens (including phenoxy) is 2. The zero-order valence-electron chi connectivity index (χ0n) is 13.2. The van der Waals surface area contributed by atoms with Crippen molar-refractivity contribution in [3.63, 3.8) is 0 Å². The van der Waals surface area contributed by atoms with Crippen LogP contribution in [0.1, 0.15) is 46.5 Å². The van der Waals surface area contributed by atoms with Crippen LogP contribution in [0.25, 0.3) is 0 Å². The van der Waals surface area contributed by atoms with E-state index >= 15 is 0 Å². The van der Waals surface area contributed by atoms with E-state index in [0.717, 1.165) is 16.7 Å². The molecule has 114 valence electrons. The standard InChI is InChI=1S/C19H20O3/c1-4-21-19(22-5-2)15-11-7-6-10-14(15)18(20)17-13(3)9-8-12-16(17)19/h6-12H,4-5H2,1-3H3. The summed E-state index contributed by atoms with van der Waals surface area (Å²) in [5, 5.41) is 0. The fourth-order valence-electron chi connectivity index (χ4n) is 3.25. The number of ketones is 1. The van der Waals surface area contributed by atoms with Crippen LogP contribution < -0.4 is 0 Å². The molecule has 0 radical (unpaired) electrons. The molecule has 0 fully saturated rings. The molecule has 1 aliphatic carbocycles. The van der Waals surface area contributed by atoms with Crippen LogP contribution in [0.3, 0.4) is 0 Å². The van der Waals surface area contributed by atoms with Crippen molar-refractivity contribution in [2.45, 2.75) is 26.6 Å². The Morgan fingerprint density at radius 2 is 1.55 bits per heavy atom. The van der Waals surface area contributed by atoms with Gasteiger partial charge in [-0.25, -0.2) is 0 Å². The quantitative estimate of drug-likeness (QED) is 0.805. The summed E-state index contributed by atoms with van der Waals surface area (Å²) >= 11 is 0. The van der Waals surface area contributed by atoms with E-state index in [9.17, 15) is 4.79 Å². The molecule has 2 aromatic carbocycles. The van der Waals surface area contributed by atoms with Gasteiger partial charge in [0.15, 0.2) is 5.78 Å². The van der Waals surface area contributed by atoms with Crippen molar-refractivity contribution in [2.75, 3.05) is 13.2 Å². The zero-order valence-corrected chi connectivity index (χ0v) is 13.2. The third-order valence-corrected chi connectivity index (χ3v) is 4.08. The van der Waals surface area contributed by atoms with Crippen molar-refractivity contribution in [3.8, 4) is 0 Å². The highest BCUT2D eigenvalue weighted by Gasteiger charge is 2.45. The van der Waals surface area contributed by atoms with Crippen LogP contribution in [0.4, 0.5) is 0 Å². The largest absolute Gasteiger partial charge is 0.342 e. The number of aryl methyl sites for hydroxylation is 1. The number of hydrogen-bond donors (Lipinski definition) is 0. The second-order valence-corrected chi connectivity index (χ2v) is 5.35. The molecule has 0 heterocycles. The molecule has 0 N–H and O–H groups in total. The first-order valence-electron chi connectivity index (χ1n) is 7.68. The van der Waals surface area contributed by atoms with Gasteiger partial charge in [0.25, 0.3) is 0 Å². The molecule has 1 aliphatic rings. The fourth-order valence-corrected chi connectivity index (χ4v) is 3.25. The van der Waals surface area contributed by atoms with Crippen molar-refractivity contribution in [3.05, 3.63) is 70.3 Å². The molecule has 0 atom stereocenters. The molecule has 0 aliphatic heterocycles. The Hall–Kier alpha value is -1.97. The summed E-state index contributed by atoms with van der Waals surface area (Å²) in [4.78, 5) is 12.9. The summed E-state index contributed by atoms with van der Waals surface area (Å²) < 4.78 is 12.2. The third kappa shape index (κ3) is 2.01. The Bertz CT molecular complexity index is 712. The number of hydrogen-bond acceptors (Lipinski definition) is 3. The van der Waals surface area contributed by atoms with E-state index in [-0.39, 0.29) is 5.78 Å². The number of rotatable bonds is 4. The Kier molecular flexibility index (Phi) is 3.85. The number of carbonyl (C=O) groups is 1. The summed E-state index contributed by atoms with van der Waals surface area (Å²) in [6, 6.07) is 13.4. The van der Waals surface area contributed by atoms with Crippen LogP contribution in [-0.4, -0.2) is 19.0 Å². The van der Waals surface area contributed by atoms with Gasteiger partial charge in [-0.3, -0.25) is 4.79 Å². The Morgan fingerprint density at radius 1 is 0.909 bits per heavy atom. The van der Waals surface area contributed by atoms with Gasteiger partial charge in [-0.1, -0.05) is 42.5 Å². The van der Waals surface area contributed by atoms with E-state index in [2.05, 4.69) is 0 Å². The van der Waals surface area contributed by atoms with Gasteiger partial charge >= 0.3 is 0 Å². The van der Waals surface area contributed by atoms with Gasteiger partial charge < -0.3 is 9.47 Å². The maximum Gasteiger partial charge on any atom is 0.223 e. The molecule has 3 heteroatoms. The van der Waals surface area contributed by atoms with Gasteiger partial charge in [-0.2, -0.15) is 0 Å². The van der Waals surface area contributed by atoms with Crippen LogP contribution in [0.15, 0.2) is 42.5 Å². The Balaban J connectivity index is 2.37. The minimum atomic E-state index is -1.00. The SMILES string of the molecule is CCOC1(OCC)c2ccccc2C(=O)c2c(C)cccc21. The minimum Gasteiger partial charge on any atom is -0.342 e. The van der Waals surface area contributed by atoms with Crippen LogP contribution in [0.5, 0.6) is 0 Å². The molecule has 0 bridgehead atoms. The molecule has 3 nitrogen and oxygen atoms in total. The van der Waals surface area contributed by atoms with Crippen LogP contribution >= 0.6 is 0 Å². The van der Waals surface area contributed by atoms with Gasteiger partial charge in [-0.05, 0) is 26.3 Å². The molecule has 0 amide bonds. The minimum absolute atomic E-state index is 0.0405. The summed E-state index contributed by atoms with van der Waals surface area (Å²) in [6.07, 6.45) is 0. The van der Waals surface area contributed by atoms with E-state index in [4.69, 9.17) is 9.47 Å². The Labute approximate surface area is 130 Å². The maximum atomic E-state index is 12.9. The molecule has 3 rings (SSSR count). The maximum absolute atomic E-state index is 12.9. The average Bonchev–Trinajstić information content (AvgIpc) is 2.53. The first-order valence-corrected chi connectivity index (χ1v) is 7.68. The first-order chi connectivity index (χ1) is 10.7. The van der Waals surface area contributed by atoms with Crippen molar-refractivity contribution >= 4 is 5.78 Å². The summed E-state index contributed by atoms with van der Waals surface area (Å²) in [7, 11) is 0. The van der Waals surface area contributed by atoms with E-state index in [1.165, 1.54) is 0 Å². The molecular formula is C19H20O3. The van der Waals surface area contributed by atoms with Crippen molar-refractivity contribution in [2.24, 2.45) is 0 Å². The van der Waals surface area contributed by atoms with Crippen LogP contribution in [0, 0.1) is 6.92 Å². The summed E-state index contributed by atoms with van der Waals surface area (Å²) in [5.41, 5.74) is 3.90. The lowest BCUT2D eigenvalue weighted by atomic mass is 9.78. The van der Waals surface area contributed by atoms with Crippen molar-refractivity contribution < 1.29 is 14.3 Å². The molecular weight excluding hydrogens is 276 g/mol. The topological polar surface area (TPSA) is 35.5 Å². The lowest BCUT2D eigenvalue weighted by Gasteiger charge is -2.39. The predicted octanol–water partition coefficient (Wildman–Crippen LogP) is 3.81. The van der Waals surface area contributed by atoms with Crippen molar-refractivity contribution in [1.29, 1.82) is 0 Å². The van der Waals surface area contributed by atoms with Crippen LogP contribution in [-0.2, 0) is 15.3 Å². The molecule has 22 heavy (non-hydrogen) atoms. The van der Waals surface area contributed by atoms with Gasteiger partial charge in [0.05, 0.1) is 0 Å². The molecule has 0 saturated carbocycles. The molecule has 2 aromatic rings. The number of carbonyl (C=O) groups excluding carboxylic acids is 1. The monoisotopic (exact) mass is 296 g/mol. The van der Waals surface area contributed by atoms with E-state index in [0.29, 0.717) is 24.3 Å². The van der Waals surface area contributed by atoms with Gasteiger partial charge in [0.2, 0.25) is 5.79 Å². The highest BCUT2D eigenvalue weighted by atomic mass is 16.7. The van der Waals surface area contributed by atoms with Gasteiger partial charge in [0, 0.05) is 35.5 Å². The zero-order chi connectivity index (χ0) is 15.7.